The Morgan fingerprint density at radius 2 is 2.08 bits per heavy atom. The summed E-state index contributed by atoms with van der Waals surface area (Å²) >= 11 is 0. The van der Waals surface area contributed by atoms with E-state index in [9.17, 15) is 0 Å². The molecule has 4 heterocycles. The number of aromatic nitrogens is 4. The van der Waals surface area contributed by atoms with Crippen LogP contribution in [0.3, 0.4) is 0 Å². The molecule has 0 spiro atoms. The molecule has 2 N–H and O–H groups in total. The minimum Gasteiger partial charge on any atom is -0.461 e. The molecule has 25 heavy (non-hydrogen) atoms. The second kappa shape index (κ2) is 6.56. The van der Waals surface area contributed by atoms with Crippen LogP contribution in [0.5, 0.6) is 0 Å². The molecule has 3 aromatic rings. The van der Waals surface area contributed by atoms with Crippen LogP contribution in [0.2, 0.25) is 0 Å². The molecule has 0 radical (unpaired) electrons. The summed E-state index contributed by atoms with van der Waals surface area (Å²) in [4.78, 5) is 13.7. The summed E-state index contributed by atoms with van der Waals surface area (Å²) in [5.74, 6) is 2.28. The van der Waals surface area contributed by atoms with Gasteiger partial charge in [0.25, 0.3) is 0 Å². The van der Waals surface area contributed by atoms with Crippen LogP contribution < -0.4 is 10.6 Å². The minimum absolute atomic E-state index is 0.326. The molecule has 4 rings (SSSR count). The van der Waals surface area contributed by atoms with E-state index in [4.69, 9.17) is 10.2 Å². The van der Waals surface area contributed by atoms with Crippen LogP contribution in [0.4, 0.5) is 11.8 Å². The molecular formula is C17H21N7O. The summed E-state index contributed by atoms with van der Waals surface area (Å²) in [5, 5.41) is 4.37. The van der Waals surface area contributed by atoms with Crippen LogP contribution in [0.25, 0.3) is 17.2 Å². The van der Waals surface area contributed by atoms with Crippen LogP contribution in [-0.2, 0) is 0 Å². The van der Waals surface area contributed by atoms with Crippen molar-refractivity contribution in [2.45, 2.75) is 6.42 Å². The number of hydrogen-bond acceptors (Lipinski definition) is 7. The summed E-state index contributed by atoms with van der Waals surface area (Å²) in [6, 6.07) is 5.55. The first kappa shape index (κ1) is 15.6. The predicted molar refractivity (Wildman–Crippen MR) is 96.4 cm³/mol. The Balaban J connectivity index is 1.56. The molecule has 1 aliphatic rings. The zero-order valence-corrected chi connectivity index (χ0v) is 14.0. The summed E-state index contributed by atoms with van der Waals surface area (Å²) in [6.45, 7) is 8.68. The van der Waals surface area contributed by atoms with Crippen LogP contribution in [0.1, 0.15) is 6.42 Å². The number of anilines is 2. The van der Waals surface area contributed by atoms with Crippen molar-refractivity contribution in [3.05, 3.63) is 37.1 Å². The molecule has 0 amide bonds. The number of furan rings is 1. The Kier molecular flexibility index (Phi) is 4.10. The van der Waals surface area contributed by atoms with Crippen LogP contribution in [0, 0.1) is 0 Å². The predicted octanol–water partition coefficient (Wildman–Crippen LogP) is 1.66. The maximum atomic E-state index is 6.09. The lowest BCUT2D eigenvalue weighted by molar-refractivity contribution is 0.262. The van der Waals surface area contributed by atoms with Gasteiger partial charge in [-0.25, -0.2) is 4.98 Å². The molecule has 1 saturated heterocycles. The molecule has 3 aromatic heterocycles. The van der Waals surface area contributed by atoms with E-state index in [0.717, 1.165) is 45.0 Å². The highest BCUT2D eigenvalue weighted by Gasteiger charge is 2.20. The number of piperazine rings is 1. The lowest BCUT2D eigenvalue weighted by atomic mass is 10.3. The Labute approximate surface area is 145 Å². The molecule has 0 bridgehead atoms. The molecule has 8 heteroatoms. The zero-order chi connectivity index (χ0) is 17.2. The number of fused-ring (bicyclic) bond motifs is 1. The van der Waals surface area contributed by atoms with Gasteiger partial charge in [-0.15, -0.1) is 11.7 Å². The van der Waals surface area contributed by atoms with Crippen LogP contribution in [-0.4, -0.2) is 57.2 Å². The van der Waals surface area contributed by atoms with Gasteiger partial charge >= 0.3 is 0 Å². The van der Waals surface area contributed by atoms with Crippen LogP contribution in [0.15, 0.2) is 41.5 Å². The van der Waals surface area contributed by atoms with Crippen molar-refractivity contribution in [2.24, 2.45) is 0 Å². The van der Waals surface area contributed by atoms with Gasteiger partial charge in [-0.2, -0.15) is 9.50 Å². The van der Waals surface area contributed by atoms with Crippen molar-refractivity contribution in [1.29, 1.82) is 0 Å². The summed E-state index contributed by atoms with van der Waals surface area (Å²) in [7, 11) is 0. The topological polar surface area (TPSA) is 88.7 Å². The highest BCUT2D eigenvalue weighted by atomic mass is 16.3. The van der Waals surface area contributed by atoms with E-state index in [1.165, 1.54) is 0 Å². The molecule has 0 aliphatic carbocycles. The SMILES string of the molecule is C=CCCN1CCN(c2cc3nc(-c4ccco4)nn3c(N)n2)CC1. The van der Waals surface area contributed by atoms with E-state index in [2.05, 4.69) is 31.4 Å². The number of hydrogen-bond donors (Lipinski definition) is 1. The van der Waals surface area contributed by atoms with Gasteiger partial charge < -0.3 is 15.1 Å². The Hall–Kier alpha value is -2.87. The minimum atomic E-state index is 0.326. The fraction of sp³-hybridized carbons (Fsp3) is 0.353. The van der Waals surface area contributed by atoms with Crippen molar-refractivity contribution in [3.63, 3.8) is 0 Å². The van der Waals surface area contributed by atoms with Crippen molar-refractivity contribution < 1.29 is 4.42 Å². The Bertz CT molecular complexity index is 863. The van der Waals surface area contributed by atoms with Gasteiger partial charge in [0.1, 0.15) is 5.82 Å². The Morgan fingerprint density at radius 3 is 2.80 bits per heavy atom. The van der Waals surface area contributed by atoms with Crippen molar-refractivity contribution in [2.75, 3.05) is 43.4 Å². The van der Waals surface area contributed by atoms with E-state index < -0.39 is 0 Å². The molecule has 1 fully saturated rings. The van der Waals surface area contributed by atoms with Gasteiger partial charge in [0, 0.05) is 38.8 Å². The second-order valence-corrected chi connectivity index (χ2v) is 6.06. The molecule has 1 aliphatic heterocycles. The van der Waals surface area contributed by atoms with Crippen molar-refractivity contribution in [1.82, 2.24) is 24.5 Å². The van der Waals surface area contributed by atoms with E-state index in [1.54, 1.807) is 16.8 Å². The highest BCUT2D eigenvalue weighted by Crippen LogP contribution is 2.22. The third-order valence-corrected chi connectivity index (χ3v) is 4.42. The standard InChI is InChI=1S/C17H21N7O/c1-2-3-6-22-7-9-23(10-8-22)14-12-15-19-16(13-5-4-11-25-13)21-24(15)17(18)20-14/h2,4-5,11-12H,1,3,6-10H2,(H2,18,20). The molecule has 0 saturated carbocycles. The summed E-state index contributed by atoms with van der Waals surface area (Å²) in [6.07, 6.45) is 4.58. The smallest absolute Gasteiger partial charge is 0.225 e. The largest absolute Gasteiger partial charge is 0.461 e. The fourth-order valence-corrected chi connectivity index (χ4v) is 3.05. The van der Waals surface area contributed by atoms with Gasteiger partial charge in [0.05, 0.1) is 6.26 Å². The number of rotatable bonds is 5. The van der Waals surface area contributed by atoms with E-state index in [-0.39, 0.29) is 0 Å². The average Bonchev–Trinajstić information content (AvgIpc) is 3.29. The maximum Gasteiger partial charge on any atom is 0.225 e. The fourth-order valence-electron chi connectivity index (χ4n) is 3.05. The monoisotopic (exact) mass is 339 g/mol. The first-order chi connectivity index (χ1) is 12.2. The molecule has 0 atom stereocenters. The van der Waals surface area contributed by atoms with E-state index in [1.807, 2.05) is 18.2 Å². The third-order valence-electron chi connectivity index (χ3n) is 4.42. The highest BCUT2D eigenvalue weighted by molar-refractivity contribution is 5.59. The zero-order valence-electron chi connectivity index (χ0n) is 14.0. The van der Waals surface area contributed by atoms with E-state index >= 15 is 0 Å². The van der Waals surface area contributed by atoms with Crippen molar-refractivity contribution >= 4 is 17.4 Å². The molecule has 8 nitrogen and oxygen atoms in total. The lowest BCUT2D eigenvalue weighted by Gasteiger charge is -2.35. The third kappa shape index (κ3) is 3.08. The van der Waals surface area contributed by atoms with Gasteiger partial charge in [0.2, 0.25) is 11.8 Å². The first-order valence-corrected chi connectivity index (χ1v) is 8.40. The van der Waals surface area contributed by atoms with Crippen LogP contribution >= 0.6 is 0 Å². The summed E-state index contributed by atoms with van der Waals surface area (Å²) < 4.78 is 6.90. The number of nitrogens with zero attached hydrogens (tertiary/aromatic N) is 6. The molecule has 0 aromatic carbocycles. The van der Waals surface area contributed by atoms with Gasteiger partial charge in [-0.3, -0.25) is 4.90 Å². The maximum absolute atomic E-state index is 6.09. The second-order valence-electron chi connectivity index (χ2n) is 6.06. The first-order valence-electron chi connectivity index (χ1n) is 8.40. The average molecular weight is 339 g/mol. The number of nitrogen functional groups attached to an aromatic ring is 1. The van der Waals surface area contributed by atoms with E-state index in [0.29, 0.717) is 23.2 Å². The Morgan fingerprint density at radius 1 is 1.24 bits per heavy atom. The number of nitrogens with two attached hydrogens (primary N) is 1. The molecular weight excluding hydrogens is 318 g/mol. The molecule has 130 valence electrons. The van der Waals surface area contributed by atoms with Gasteiger partial charge in [0.15, 0.2) is 11.4 Å². The lowest BCUT2D eigenvalue weighted by Crippen LogP contribution is -2.46. The quantitative estimate of drug-likeness (QED) is 0.707. The summed E-state index contributed by atoms with van der Waals surface area (Å²) in [5.41, 5.74) is 6.76. The van der Waals surface area contributed by atoms with Gasteiger partial charge in [-0.1, -0.05) is 6.08 Å². The normalized spacial score (nSPS) is 15.8. The van der Waals surface area contributed by atoms with Crippen molar-refractivity contribution in [3.8, 4) is 11.6 Å². The van der Waals surface area contributed by atoms with Gasteiger partial charge in [-0.05, 0) is 18.6 Å². The molecule has 0 unspecified atom stereocenters.